The molecule has 2 heterocycles. The summed E-state index contributed by atoms with van der Waals surface area (Å²) in [5, 5.41) is 3.38. The molecular weight excluding hydrogens is 265 g/mol. The van der Waals surface area contributed by atoms with Gasteiger partial charge in [0.1, 0.15) is 11.6 Å². The first-order valence-corrected chi connectivity index (χ1v) is 7.45. The maximum atomic E-state index is 13.2. The summed E-state index contributed by atoms with van der Waals surface area (Å²) in [6, 6.07) is 15.3. The highest BCUT2D eigenvalue weighted by Gasteiger charge is 2.42. The molecule has 2 aromatic rings. The van der Waals surface area contributed by atoms with E-state index < -0.39 is 0 Å². The van der Waals surface area contributed by atoms with Crippen LogP contribution in [0.15, 0.2) is 48.5 Å². The van der Waals surface area contributed by atoms with Crippen LogP contribution in [0.2, 0.25) is 0 Å². The Hall–Kier alpha value is -1.87. The average Bonchev–Trinajstić information content (AvgIpc) is 2.87. The number of benzene rings is 2. The standard InChI is InChI=1S/C18H18FNO/c19-15-7-5-14(6-8-15)18(11-20-12-18)9-13-10-21-17-4-2-1-3-16(13)17/h1-8,13,20H,9-12H2. The highest BCUT2D eigenvalue weighted by molar-refractivity contribution is 5.41. The molecule has 0 saturated carbocycles. The summed E-state index contributed by atoms with van der Waals surface area (Å²) in [5.74, 6) is 1.27. The van der Waals surface area contributed by atoms with Crippen molar-refractivity contribution in [2.75, 3.05) is 19.7 Å². The van der Waals surface area contributed by atoms with Gasteiger partial charge in [-0.15, -0.1) is 0 Å². The molecule has 0 amide bonds. The van der Waals surface area contributed by atoms with Gasteiger partial charge in [0, 0.05) is 30.0 Å². The summed E-state index contributed by atoms with van der Waals surface area (Å²) in [7, 11) is 0. The molecule has 0 radical (unpaired) electrons. The summed E-state index contributed by atoms with van der Waals surface area (Å²) in [6.45, 7) is 2.66. The molecule has 0 bridgehead atoms. The highest BCUT2D eigenvalue weighted by Crippen LogP contribution is 2.43. The minimum atomic E-state index is -0.171. The third-order valence-electron chi connectivity index (χ3n) is 4.82. The number of hydrogen-bond donors (Lipinski definition) is 1. The molecule has 2 nitrogen and oxygen atoms in total. The molecule has 4 rings (SSSR count). The van der Waals surface area contributed by atoms with Crippen molar-refractivity contribution in [3.05, 3.63) is 65.5 Å². The monoisotopic (exact) mass is 283 g/mol. The van der Waals surface area contributed by atoms with Gasteiger partial charge in [-0.2, -0.15) is 0 Å². The SMILES string of the molecule is Fc1ccc(C2(CC3COc4ccccc43)CNC2)cc1. The summed E-state index contributed by atoms with van der Waals surface area (Å²) in [4.78, 5) is 0. The van der Waals surface area contributed by atoms with E-state index in [9.17, 15) is 4.39 Å². The van der Waals surface area contributed by atoms with Crippen molar-refractivity contribution in [1.82, 2.24) is 5.32 Å². The van der Waals surface area contributed by atoms with E-state index in [0.29, 0.717) is 5.92 Å². The molecule has 1 fully saturated rings. The second kappa shape index (κ2) is 4.85. The lowest BCUT2D eigenvalue weighted by atomic mass is 9.68. The number of fused-ring (bicyclic) bond motifs is 1. The van der Waals surface area contributed by atoms with Crippen LogP contribution in [-0.2, 0) is 5.41 Å². The maximum Gasteiger partial charge on any atom is 0.123 e. The quantitative estimate of drug-likeness (QED) is 0.933. The summed E-state index contributed by atoms with van der Waals surface area (Å²) in [6.07, 6.45) is 1.04. The maximum absolute atomic E-state index is 13.2. The second-order valence-corrected chi connectivity index (χ2v) is 6.14. The minimum absolute atomic E-state index is 0.110. The number of ether oxygens (including phenoxy) is 1. The molecule has 1 unspecified atom stereocenters. The average molecular weight is 283 g/mol. The Kier molecular flexibility index (Phi) is 2.96. The fraction of sp³-hybridized carbons (Fsp3) is 0.333. The summed E-state index contributed by atoms with van der Waals surface area (Å²) in [5.41, 5.74) is 2.65. The molecule has 108 valence electrons. The van der Waals surface area contributed by atoms with Crippen LogP contribution in [0.1, 0.15) is 23.5 Å². The molecular formula is C18H18FNO. The molecule has 2 aliphatic heterocycles. The zero-order valence-corrected chi connectivity index (χ0v) is 11.8. The van der Waals surface area contributed by atoms with Crippen molar-refractivity contribution in [2.45, 2.75) is 17.8 Å². The van der Waals surface area contributed by atoms with Gasteiger partial charge in [-0.25, -0.2) is 4.39 Å². The van der Waals surface area contributed by atoms with Gasteiger partial charge in [0.05, 0.1) is 6.61 Å². The largest absolute Gasteiger partial charge is 0.493 e. The molecule has 1 saturated heterocycles. The Balaban J connectivity index is 1.62. The molecule has 0 spiro atoms. The molecule has 0 aromatic heterocycles. The second-order valence-electron chi connectivity index (χ2n) is 6.14. The fourth-order valence-electron chi connectivity index (χ4n) is 3.57. The van der Waals surface area contributed by atoms with E-state index in [1.807, 2.05) is 24.3 Å². The fourth-order valence-corrected chi connectivity index (χ4v) is 3.57. The van der Waals surface area contributed by atoms with Gasteiger partial charge in [0.2, 0.25) is 0 Å². The number of rotatable bonds is 3. The van der Waals surface area contributed by atoms with E-state index in [-0.39, 0.29) is 11.2 Å². The Bertz CT molecular complexity index is 649. The van der Waals surface area contributed by atoms with E-state index in [0.717, 1.165) is 31.9 Å². The third kappa shape index (κ3) is 2.12. The first-order chi connectivity index (χ1) is 10.3. The first-order valence-electron chi connectivity index (χ1n) is 7.45. The number of hydrogen-bond acceptors (Lipinski definition) is 2. The van der Waals surface area contributed by atoms with Crippen molar-refractivity contribution < 1.29 is 9.13 Å². The van der Waals surface area contributed by atoms with Crippen LogP contribution < -0.4 is 10.1 Å². The van der Waals surface area contributed by atoms with E-state index >= 15 is 0 Å². The van der Waals surface area contributed by atoms with Gasteiger partial charge in [0.15, 0.2) is 0 Å². The Labute approximate surface area is 123 Å². The zero-order chi connectivity index (χ0) is 14.3. The van der Waals surface area contributed by atoms with Crippen LogP contribution in [0.25, 0.3) is 0 Å². The van der Waals surface area contributed by atoms with Gasteiger partial charge in [-0.1, -0.05) is 30.3 Å². The molecule has 2 aliphatic rings. The lowest BCUT2D eigenvalue weighted by Crippen LogP contribution is -2.57. The van der Waals surface area contributed by atoms with E-state index in [1.165, 1.54) is 11.1 Å². The van der Waals surface area contributed by atoms with Crippen molar-refractivity contribution in [1.29, 1.82) is 0 Å². The molecule has 2 aromatic carbocycles. The normalized spacial score (nSPS) is 22.2. The van der Waals surface area contributed by atoms with E-state index in [2.05, 4.69) is 17.4 Å². The molecule has 1 atom stereocenters. The van der Waals surface area contributed by atoms with Gasteiger partial charge in [0.25, 0.3) is 0 Å². The van der Waals surface area contributed by atoms with Crippen LogP contribution in [0.3, 0.4) is 0 Å². The van der Waals surface area contributed by atoms with Crippen LogP contribution >= 0.6 is 0 Å². The predicted molar refractivity (Wildman–Crippen MR) is 80.2 cm³/mol. The van der Waals surface area contributed by atoms with E-state index in [4.69, 9.17) is 4.74 Å². The Morgan fingerprint density at radius 3 is 2.57 bits per heavy atom. The number of para-hydroxylation sites is 1. The molecule has 1 N–H and O–H groups in total. The smallest absolute Gasteiger partial charge is 0.123 e. The predicted octanol–water partition coefficient (Wildman–Crippen LogP) is 3.23. The lowest BCUT2D eigenvalue weighted by Gasteiger charge is -2.44. The van der Waals surface area contributed by atoms with Crippen molar-refractivity contribution in [3.8, 4) is 5.75 Å². The lowest BCUT2D eigenvalue weighted by molar-refractivity contribution is 0.221. The van der Waals surface area contributed by atoms with Gasteiger partial charge >= 0.3 is 0 Å². The zero-order valence-electron chi connectivity index (χ0n) is 11.8. The van der Waals surface area contributed by atoms with Crippen molar-refractivity contribution >= 4 is 0 Å². The van der Waals surface area contributed by atoms with Crippen LogP contribution in [0.5, 0.6) is 5.75 Å². The van der Waals surface area contributed by atoms with Crippen LogP contribution in [0, 0.1) is 5.82 Å². The van der Waals surface area contributed by atoms with Crippen molar-refractivity contribution in [2.24, 2.45) is 0 Å². The molecule has 3 heteroatoms. The molecule has 21 heavy (non-hydrogen) atoms. The first kappa shape index (κ1) is 12.8. The number of nitrogens with one attached hydrogen (secondary N) is 1. The third-order valence-corrected chi connectivity index (χ3v) is 4.82. The van der Waals surface area contributed by atoms with Crippen LogP contribution in [-0.4, -0.2) is 19.7 Å². The number of halogens is 1. The summed E-state index contributed by atoms with van der Waals surface area (Å²) < 4.78 is 19.0. The van der Waals surface area contributed by atoms with Gasteiger partial charge in [-0.3, -0.25) is 0 Å². The Morgan fingerprint density at radius 2 is 1.86 bits per heavy atom. The van der Waals surface area contributed by atoms with Gasteiger partial charge < -0.3 is 10.1 Å². The van der Waals surface area contributed by atoms with Crippen molar-refractivity contribution in [3.63, 3.8) is 0 Å². The summed E-state index contributed by atoms with van der Waals surface area (Å²) >= 11 is 0. The Morgan fingerprint density at radius 1 is 1.10 bits per heavy atom. The topological polar surface area (TPSA) is 21.3 Å². The van der Waals surface area contributed by atoms with Gasteiger partial charge in [-0.05, 0) is 30.2 Å². The molecule has 0 aliphatic carbocycles. The van der Waals surface area contributed by atoms with E-state index in [1.54, 1.807) is 12.1 Å². The minimum Gasteiger partial charge on any atom is -0.493 e. The van der Waals surface area contributed by atoms with Crippen LogP contribution in [0.4, 0.5) is 4.39 Å². The highest BCUT2D eigenvalue weighted by atomic mass is 19.1.